The van der Waals surface area contributed by atoms with Gasteiger partial charge in [0.15, 0.2) is 12.4 Å². The predicted molar refractivity (Wildman–Crippen MR) is 97.6 cm³/mol. The maximum atomic E-state index is 11.9. The van der Waals surface area contributed by atoms with Crippen molar-refractivity contribution < 1.29 is 34.0 Å². The van der Waals surface area contributed by atoms with Crippen LogP contribution < -0.4 is 0 Å². The number of aliphatic hydroxyl groups is 2. The third-order valence-electron chi connectivity index (χ3n) is 4.16. The lowest BCUT2D eigenvalue weighted by atomic mass is 9.98. The first-order chi connectivity index (χ1) is 12.9. The molecule has 0 radical (unpaired) electrons. The second-order valence-electron chi connectivity index (χ2n) is 6.70. The summed E-state index contributed by atoms with van der Waals surface area (Å²) in [6.45, 7) is 7.44. The number of carbonyl (C=O) groups is 1. The van der Waals surface area contributed by atoms with E-state index in [-0.39, 0.29) is 19.1 Å². The van der Waals surface area contributed by atoms with Crippen LogP contribution in [0.5, 0.6) is 0 Å². The van der Waals surface area contributed by atoms with Crippen LogP contribution in [0.1, 0.15) is 19.4 Å². The molecule has 1 fully saturated rings. The molecule has 0 saturated carbocycles. The lowest BCUT2D eigenvalue weighted by Crippen LogP contribution is -2.61. The summed E-state index contributed by atoms with van der Waals surface area (Å²) in [5, 5.41) is 20.9. The summed E-state index contributed by atoms with van der Waals surface area (Å²) in [5.74, 6) is -0.901. The SMILES string of the molecule is C=CCOC1C(O)C(COCc2ccccc2)OC(O)C1OC(=O)C(C)C. The highest BCUT2D eigenvalue weighted by atomic mass is 16.7. The summed E-state index contributed by atoms with van der Waals surface area (Å²) < 4.78 is 21.9. The fraction of sp³-hybridized carbons (Fsp3) is 0.550. The minimum absolute atomic E-state index is 0.0475. The fourth-order valence-electron chi connectivity index (χ4n) is 2.68. The van der Waals surface area contributed by atoms with Gasteiger partial charge in [0, 0.05) is 0 Å². The molecule has 0 aromatic heterocycles. The lowest BCUT2D eigenvalue weighted by Gasteiger charge is -2.42. The third kappa shape index (κ3) is 6.12. The molecule has 1 saturated heterocycles. The molecule has 1 aliphatic rings. The Balaban J connectivity index is 2.00. The van der Waals surface area contributed by atoms with Gasteiger partial charge in [0.25, 0.3) is 0 Å². The Morgan fingerprint density at radius 3 is 2.59 bits per heavy atom. The molecule has 1 heterocycles. The number of hydrogen-bond donors (Lipinski definition) is 2. The molecule has 2 rings (SSSR count). The zero-order valence-corrected chi connectivity index (χ0v) is 15.7. The first kappa shape index (κ1) is 21.5. The van der Waals surface area contributed by atoms with Crippen LogP contribution in [0.25, 0.3) is 0 Å². The van der Waals surface area contributed by atoms with Crippen molar-refractivity contribution in [3.8, 4) is 0 Å². The van der Waals surface area contributed by atoms with Crippen molar-refractivity contribution in [3.63, 3.8) is 0 Å². The van der Waals surface area contributed by atoms with Gasteiger partial charge in [-0.05, 0) is 5.56 Å². The summed E-state index contributed by atoms with van der Waals surface area (Å²) in [4.78, 5) is 11.9. The van der Waals surface area contributed by atoms with Gasteiger partial charge in [-0.2, -0.15) is 0 Å². The van der Waals surface area contributed by atoms with Crippen LogP contribution in [-0.4, -0.2) is 60.1 Å². The van der Waals surface area contributed by atoms with Crippen LogP contribution in [0, 0.1) is 5.92 Å². The molecule has 7 nitrogen and oxygen atoms in total. The molecule has 150 valence electrons. The number of rotatable bonds is 9. The van der Waals surface area contributed by atoms with Crippen molar-refractivity contribution in [3.05, 3.63) is 48.6 Å². The van der Waals surface area contributed by atoms with Crippen molar-refractivity contribution in [2.24, 2.45) is 5.92 Å². The largest absolute Gasteiger partial charge is 0.454 e. The van der Waals surface area contributed by atoms with Gasteiger partial charge in [0.1, 0.15) is 18.3 Å². The number of carbonyl (C=O) groups excluding carboxylic acids is 1. The van der Waals surface area contributed by atoms with E-state index in [2.05, 4.69) is 6.58 Å². The number of hydrogen-bond acceptors (Lipinski definition) is 7. The smallest absolute Gasteiger partial charge is 0.308 e. The van der Waals surface area contributed by atoms with Gasteiger partial charge in [-0.25, -0.2) is 0 Å². The Morgan fingerprint density at radius 2 is 1.96 bits per heavy atom. The first-order valence-corrected chi connectivity index (χ1v) is 9.00. The fourth-order valence-corrected chi connectivity index (χ4v) is 2.68. The van der Waals surface area contributed by atoms with E-state index in [0.29, 0.717) is 6.61 Å². The monoisotopic (exact) mass is 380 g/mol. The zero-order chi connectivity index (χ0) is 19.8. The molecule has 5 unspecified atom stereocenters. The van der Waals surface area contributed by atoms with E-state index in [9.17, 15) is 15.0 Å². The van der Waals surface area contributed by atoms with Crippen LogP contribution >= 0.6 is 0 Å². The summed E-state index contributed by atoms with van der Waals surface area (Å²) in [6.07, 6.45) is -3.99. The molecule has 0 amide bonds. The molecular formula is C20H28O7. The van der Waals surface area contributed by atoms with Gasteiger partial charge in [-0.15, -0.1) is 6.58 Å². The number of aliphatic hydroxyl groups excluding tert-OH is 2. The van der Waals surface area contributed by atoms with E-state index in [1.807, 2.05) is 30.3 Å². The van der Waals surface area contributed by atoms with Gasteiger partial charge in [-0.3, -0.25) is 4.79 Å². The molecule has 2 N–H and O–H groups in total. The van der Waals surface area contributed by atoms with Gasteiger partial charge < -0.3 is 29.2 Å². The second kappa shape index (κ2) is 10.5. The van der Waals surface area contributed by atoms with Gasteiger partial charge in [-0.1, -0.05) is 50.3 Å². The third-order valence-corrected chi connectivity index (χ3v) is 4.16. The normalized spacial score (nSPS) is 28.1. The second-order valence-corrected chi connectivity index (χ2v) is 6.70. The highest BCUT2D eigenvalue weighted by Gasteiger charge is 2.47. The van der Waals surface area contributed by atoms with E-state index < -0.39 is 36.7 Å². The van der Waals surface area contributed by atoms with Crippen LogP contribution in [-0.2, 0) is 30.3 Å². The van der Waals surface area contributed by atoms with Crippen molar-refractivity contribution in [2.75, 3.05) is 13.2 Å². The lowest BCUT2D eigenvalue weighted by molar-refractivity contribution is -0.299. The molecule has 0 aliphatic carbocycles. The number of ether oxygens (including phenoxy) is 4. The molecule has 1 aromatic carbocycles. The maximum absolute atomic E-state index is 11.9. The van der Waals surface area contributed by atoms with E-state index in [4.69, 9.17) is 18.9 Å². The summed E-state index contributed by atoms with van der Waals surface area (Å²) in [6, 6.07) is 9.56. The van der Waals surface area contributed by atoms with Crippen LogP contribution in [0.3, 0.4) is 0 Å². The zero-order valence-electron chi connectivity index (χ0n) is 15.7. The van der Waals surface area contributed by atoms with Crippen molar-refractivity contribution in [2.45, 2.75) is 51.2 Å². The van der Waals surface area contributed by atoms with Crippen molar-refractivity contribution >= 4 is 5.97 Å². The maximum Gasteiger partial charge on any atom is 0.308 e. The molecular weight excluding hydrogens is 352 g/mol. The van der Waals surface area contributed by atoms with E-state index >= 15 is 0 Å². The minimum Gasteiger partial charge on any atom is -0.454 e. The highest BCUT2D eigenvalue weighted by molar-refractivity contribution is 5.71. The van der Waals surface area contributed by atoms with Crippen LogP contribution in [0.2, 0.25) is 0 Å². The standard InChI is InChI=1S/C20H28O7/c1-4-10-25-17-16(21)15(12-24-11-14-8-6-5-7-9-14)26-20(23)18(17)27-19(22)13(2)3/h4-9,13,15-18,20-21,23H,1,10-12H2,2-3H3. The molecule has 1 aliphatic heterocycles. The van der Waals surface area contributed by atoms with Crippen LogP contribution in [0.15, 0.2) is 43.0 Å². The van der Waals surface area contributed by atoms with E-state index in [0.717, 1.165) is 5.56 Å². The molecule has 1 aromatic rings. The topological polar surface area (TPSA) is 94.5 Å². The Bertz CT molecular complexity index is 589. The molecule has 5 atom stereocenters. The molecule has 27 heavy (non-hydrogen) atoms. The first-order valence-electron chi connectivity index (χ1n) is 9.00. The van der Waals surface area contributed by atoms with E-state index in [1.165, 1.54) is 6.08 Å². The molecule has 0 bridgehead atoms. The summed E-state index contributed by atoms with van der Waals surface area (Å²) in [5.41, 5.74) is 0.978. The van der Waals surface area contributed by atoms with Crippen molar-refractivity contribution in [1.29, 1.82) is 0 Å². The highest BCUT2D eigenvalue weighted by Crippen LogP contribution is 2.26. The predicted octanol–water partition coefficient (Wildman–Crippen LogP) is 1.42. The van der Waals surface area contributed by atoms with Gasteiger partial charge in [0.2, 0.25) is 0 Å². The Labute approximate surface area is 159 Å². The number of benzene rings is 1. The van der Waals surface area contributed by atoms with Gasteiger partial charge in [0.05, 0.1) is 25.7 Å². The quantitative estimate of drug-likeness (QED) is 0.494. The Hall–Kier alpha value is -1.77. The number of esters is 1. The van der Waals surface area contributed by atoms with Crippen LogP contribution in [0.4, 0.5) is 0 Å². The van der Waals surface area contributed by atoms with Crippen molar-refractivity contribution in [1.82, 2.24) is 0 Å². The average molecular weight is 380 g/mol. The Morgan fingerprint density at radius 1 is 1.26 bits per heavy atom. The molecule has 0 spiro atoms. The summed E-state index contributed by atoms with van der Waals surface area (Å²) >= 11 is 0. The minimum atomic E-state index is -1.43. The van der Waals surface area contributed by atoms with E-state index in [1.54, 1.807) is 13.8 Å². The van der Waals surface area contributed by atoms with Gasteiger partial charge >= 0.3 is 5.97 Å². The average Bonchev–Trinajstić information content (AvgIpc) is 2.65. The Kier molecular flexibility index (Phi) is 8.40. The summed E-state index contributed by atoms with van der Waals surface area (Å²) in [7, 11) is 0. The molecule has 7 heteroatoms.